The van der Waals surface area contributed by atoms with E-state index < -0.39 is 144 Å². The lowest BCUT2D eigenvalue weighted by atomic mass is 9.98. The third-order valence-electron chi connectivity index (χ3n) is 9.28. The van der Waals surface area contributed by atoms with Gasteiger partial charge in [0.25, 0.3) is 0 Å². The summed E-state index contributed by atoms with van der Waals surface area (Å²) in [7, 11) is 0. The number of carbonyl (C=O) groups is 9. The zero-order chi connectivity index (χ0) is 50.3. The van der Waals surface area contributed by atoms with E-state index in [0.717, 1.165) is 80.5 Å². The summed E-state index contributed by atoms with van der Waals surface area (Å²) in [5, 5.41) is -0.478. The first-order valence-electron chi connectivity index (χ1n) is 20.4. The minimum atomic E-state index is -1.98. The summed E-state index contributed by atoms with van der Waals surface area (Å²) in [5.41, 5.74) is -1.61. The van der Waals surface area contributed by atoms with E-state index in [1.807, 2.05) is 0 Å². The van der Waals surface area contributed by atoms with Crippen molar-refractivity contribution < 1.29 is 109 Å². The molecule has 2 aliphatic heterocycles. The smallest absolute Gasteiger partial charge is 0.308 e. The molecule has 0 aliphatic carbocycles. The van der Waals surface area contributed by atoms with E-state index in [1.165, 1.54) is 19.1 Å². The number of benzene rings is 2. The van der Waals surface area contributed by atoms with Gasteiger partial charge in [-0.3, -0.25) is 47.9 Å². The van der Waals surface area contributed by atoms with E-state index in [1.54, 1.807) is 0 Å². The highest BCUT2D eigenvalue weighted by Crippen LogP contribution is 2.42. The molecule has 2 saturated heterocycles. The molecular formula is C44H46O24. The van der Waals surface area contributed by atoms with E-state index >= 15 is 0 Å². The van der Waals surface area contributed by atoms with E-state index in [2.05, 4.69) is 0 Å². The Kier molecular flexibility index (Phi) is 16.6. The third-order valence-corrected chi connectivity index (χ3v) is 9.28. The van der Waals surface area contributed by atoms with Crippen molar-refractivity contribution in [3.05, 3.63) is 40.6 Å². The maximum atomic E-state index is 15.0. The van der Waals surface area contributed by atoms with Crippen molar-refractivity contribution in [3.8, 4) is 40.1 Å². The highest BCUT2D eigenvalue weighted by molar-refractivity contribution is 5.91. The predicted molar refractivity (Wildman–Crippen MR) is 221 cm³/mol. The molecule has 2 fully saturated rings. The van der Waals surface area contributed by atoms with Crippen LogP contribution in [0.3, 0.4) is 0 Å². The molecule has 24 heteroatoms. The number of carbonyl (C=O) groups excluding carboxylic acids is 9. The second-order valence-corrected chi connectivity index (χ2v) is 15.0. The van der Waals surface area contributed by atoms with Gasteiger partial charge in [0.15, 0.2) is 60.2 Å². The Morgan fingerprint density at radius 2 is 1.06 bits per heavy atom. The van der Waals surface area contributed by atoms with Crippen LogP contribution in [0.1, 0.15) is 69.2 Å². The molecule has 24 nitrogen and oxygen atoms in total. The van der Waals surface area contributed by atoms with Gasteiger partial charge in [-0.25, -0.2) is 0 Å². The summed E-state index contributed by atoms with van der Waals surface area (Å²) in [6.07, 6.45) is -14.9. The number of ether oxygens (including phenoxy) is 13. The van der Waals surface area contributed by atoms with Crippen LogP contribution in [-0.2, 0) is 81.0 Å². The number of hydrogen-bond acceptors (Lipinski definition) is 24. The lowest BCUT2D eigenvalue weighted by Gasteiger charge is -2.46. The number of fused-ring (bicyclic) bond motifs is 1. The molecule has 0 spiro atoms. The van der Waals surface area contributed by atoms with Crippen molar-refractivity contribution in [3.63, 3.8) is 0 Å². The summed E-state index contributed by atoms with van der Waals surface area (Å²) in [6, 6.07) is 5.73. The van der Waals surface area contributed by atoms with Gasteiger partial charge in [0, 0.05) is 80.0 Å². The predicted octanol–water partition coefficient (Wildman–Crippen LogP) is 2.68. The molecule has 3 aromatic rings. The zero-order valence-corrected chi connectivity index (χ0v) is 38.1. The standard InChI is InChI=1S/C44H46O24/c1-17-36(62-23(7)50)40(64-25(9)52)42(65-26(10)53)44(56-17)68-41-38(63-24(8)51)33(61-22(6)49)16-55-43(41)67-39-35(54)34-31(60-21(5)48)14-28(57-18(2)45)15-32(34)66-37(39)27-11-12-29(58-19(3)46)30(13-27)59-20(4)47/h11-15,17,33,36,38,40-44H,16H2,1-10H3/t17-,33-,36-,38-,40+,41+,42+,43-,44-/m0/s1. The van der Waals surface area contributed by atoms with E-state index in [4.69, 9.17) is 66.0 Å². The second-order valence-electron chi connectivity index (χ2n) is 15.0. The van der Waals surface area contributed by atoms with Crippen LogP contribution in [0, 0.1) is 0 Å². The highest BCUT2D eigenvalue weighted by Gasteiger charge is 2.55. The maximum absolute atomic E-state index is 15.0. The van der Waals surface area contributed by atoms with Gasteiger partial charge in [-0.05, 0) is 25.1 Å². The number of hydrogen-bond donors (Lipinski definition) is 0. The van der Waals surface area contributed by atoms with Crippen LogP contribution >= 0.6 is 0 Å². The largest absolute Gasteiger partial charge is 0.456 e. The second kappa shape index (κ2) is 21.9. The van der Waals surface area contributed by atoms with Gasteiger partial charge in [-0.15, -0.1) is 0 Å². The Hall–Kier alpha value is -7.44. The Bertz CT molecular complexity index is 2560. The van der Waals surface area contributed by atoms with Gasteiger partial charge in [-0.1, -0.05) is 0 Å². The van der Waals surface area contributed by atoms with Crippen molar-refractivity contribution >= 4 is 64.7 Å². The van der Waals surface area contributed by atoms with Gasteiger partial charge < -0.3 is 66.0 Å². The SMILES string of the molecule is CC(=O)Oc1cc(OC(C)=O)c2c(=O)c(O[C@@H]3OC[C@H](OC(C)=O)[C@H](OC(C)=O)[C@H]3O[C@@H]3O[C@@H](C)[C@H](OC(C)=O)[C@@H](OC(C)=O)[C@H]3OC(C)=O)c(-c3ccc(OC(C)=O)c(OC(C)=O)c3)oc2c1. The van der Waals surface area contributed by atoms with Crippen LogP contribution in [0.2, 0.25) is 0 Å². The van der Waals surface area contributed by atoms with E-state index in [0.29, 0.717) is 0 Å². The molecular weight excluding hydrogens is 912 g/mol. The minimum absolute atomic E-state index is 0.124. The molecule has 1 aromatic heterocycles. The van der Waals surface area contributed by atoms with Crippen LogP contribution < -0.4 is 29.1 Å². The van der Waals surface area contributed by atoms with Crippen molar-refractivity contribution in [2.45, 2.75) is 125 Å². The van der Waals surface area contributed by atoms with E-state index in [-0.39, 0.29) is 28.4 Å². The first kappa shape index (κ1) is 51.5. The zero-order valence-electron chi connectivity index (χ0n) is 38.1. The van der Waals surface area contributed by atoms with Crippen molar-refractivity contribution in [2.75, 3.05) is 6.61 Å². The van der Waals surface area contributed by atoms with Crippen molar-refractivity contribution in [1.82, 2.24) is 0 Å². The summed E-state index contributed by atoms with van der Waals surface area (Å²) < 4.78 is 79.8. The monoisotopic (exact) mass is 958 g/mol. The van der Waals surface area contributed by atoms with Crippen LogP contribution in [0.4, 0.5) is 0 Å². The molecule has 0 unspecified atom stereocenters. The minimum Gasteiger partial charge on any atom is -0.456 e. The van der Waals surface area contributed by atoms with Crippen molar-refractivity contribution in [1.29, 1.82) is 0 Å². The van der Waals surface area contributed by atoms with Gasteiger partial charge in [-0.2, -0.15) is 0 Å². The third kappa shape index (κ3) is 12.9. The molecule has 2 aromatic carbocycles. The normalized spacial score (nSPS) is 23.2. The molecule has 366 valence electrons. The number of esters is 9. The van der Waals surface area contributed by atoms with Gasteiger partial charge in [0.1, 0.15) is 22.5 Å². The first-order valence-corrected chi connectivity index (χ1v) is 20.4. The van der Waals surface area contributed by atoms with Crippen LogP contribution in [0.25, 0.3) is 22.3 Å². The lowest BCUT2D eigenvalue weighted by molar-refractivity contribution is -0.347. The Morgan fingerprint density at radius 3 is 1.63 bits per heavy atom. The first-order chi connectivity index (χ1) is 31.9. The molecule has 3 heterocycles. The summed E-state index contributed by atoms with van der Waals surface area (Å²) in [4.78, 5) is 126. The molecule has 68 heavy (non-hydrogen) atoms. The van der Waals surface area contributed by atoms with Gasteiger partial charge >= 0.3 is 53.7 Å². The molecule has 0 N–H and O–H groups in total. The average molecular weight is 959 g/mol. The van der Waals surface area contributed by atoms with Crippen LogP contribution in [0.15, 0.2) is 39.5 Å². The molecule has 2 aliphatic rings. The fourth-order valence-corrected chi connectivity index (χ4v) is 7.11. The average Bonchev–Trinajstić information content (AvgIpc) is 3.19. The summed E-state index contributed by atoms with van der Waals surface area (Å²) >= 11 is 0. The van der Waals surface area contributed by atoms with Gasteiger partial charge in [0.05, 0.1) is 12.7 Å². The fourth-order valence-electron chi connectivity index (χ4n) is 7.11. The quantitative estimate of drug-likeness (QED) is 0.127. The molecule has 0 bridgehead atoms. The lowest BCUT2D eigenvalue weighted by Crippen LogP contribution is -2.65. The molecule has 9 atom stereocenters. The van der Waals surface area contributed by atoms with Crippen molar-refractivity contribution in [2.24, 2.45) is 0 Å². The van der Waals surface area contributed by atoms with E-state index in [9.17, 15) is 47.9 Å². The Morgan fingerprint density at radius 1 is 0.529 bits per heavy atom. The summed E-state index contributed by atoms with van der Waals surface area (Å²) in [6.45, 7) is 10.2. The summed E-state index contributed by atoms with van der Waals surface area (Å²) in [5.74, 6) is -10.6. The Labute approximate surface area is 385 Å². The molecule has 0 amide bonds. The topological polar surface area (TPSA) is 304 Å². The number of rotatable bonds is 14. The molecule has 0 radical (unpaired) electrons. The molecule has 0 saturated carbocycles. The highest BCUT2D eigenvalue weighted by atomic mass is 16.8. The van der Waals surface area contributed by atoms with Crippen LogP contribution in [0.5, 0.6) is 28.7 Å². The van der Waals surface area contributed by atoms with Crippen LogP contribution in [-0.4, -0.2) is 116 Å². The Balaban J connectivity index is 1.79. The maximum Gasteiger partial charge on any atom is 0.308 e. The molecule has 5 rings (SSSR count). The fraction of sp³-hybridized carbons (Fsp3) is 0.455. The van der Waals surface area contributed by atoms with Gasteiger partial charge in [0.2, 0.25) is 17.5 Å².